The number of hydrogen-bond donors (Lipinski definition) is 0. The zero-order valence-corrected chi connectivity index (χ0v) is 26.8. The zero-order valence-electron chi connectivity index (χ0n) is 21.8. The summed E-state index contributed by atoms with van der Waals surface area (Å²) in [7, 11) is -1.40. The van der Waals surface area contributed by atoms with Gasteiger partial charge in [-0.2, -0.15) is 11.1 Å². The van der Waals surface area contributed by atoms with Crippen molar-refractivity contribution in [2.75, 3.05) is 0 Å². The van der Waals surface area contributed by atoms with Gasteiger partial charge in [-0.25, -0.2) is 0 Å². The second-order valence-corrected chi connectivity index (χ2v) is 11.9. The van der Waals surface area contributed by atoms with Crippen molar-refractivity contribution < 1.29 is 58.9 Å². The molecule has 5 heteroatoms. The van der Waals surface area contributed by atoms with Gasteiger partial charge in [-0.1, -0.05) is 147 Å². The van der Waals surface area contributed by atoms with Crippen molar-refractivity contribution in [2.45, 2.75) is 53.5 Å². The van der Waals surface area contributed by atoms with Crippen LogP contribution in [-0.2, 0) is 40.6 Å². The molecule has 0 heterocycles. The van der Waals surface area contributed by atoms with Gasteiger partial charge in [0.2, 0.25) is 0 Å². The third kappa shape index (κ3) is 7.44. The smallest absolute Gasteiger partial charge is 1.00 e. The maximum absolute atomic E-state index is 2.44. The molecular formula is C31H35Cl3SiTi. The normalized spacial score (nSPS) is 10.1. The largest absolute Gasteiger partial charge is 4.00 e. The van der Waals surface area contributed by atoms with E-state index in [1.54, 1.807) is 5.56 Å². The molecule has 0 nitrogen and oxygen atoms in total. The van der Waals surface area contributed by atoms with Crippen molar-refractivity contribution in [1.82, 2.24) is 0 Å². The van der Waals surface area contributed by atoms with E-state index in [0.717, 1.165) is 18.9 Å². The molecule has 0 amide bonds. The van der Waals surface area contributed by atoms with Crippen molar-refractivity contribution in [3.63, 3.8) is 0 Å². The summed E-state index contributed by atoms with van der Waals surface area (Å²) in [5.41, 5.74) is 11.8. The summed E-state index contributed by atoms with van der Waals surface area (Å²) in [6.07, 6.45) is 2.17. The molecule has 0 N–H and O–H groups in total. The fourth-order valence-corrected chi connectivity index (χ4v) is 8.22. The first-order valence-electron chi connectivity index (χ1n) is 12.0. The molecule has 0 fully saturated rings. The van der Waals surface area contributed by atoms with Crippen LogP contribution in [0.25, 0.3) is 11.1 Å². The maximum Gasteiger partial charge on any atom is 4.00 e. The van der Waals surface area contributed by atoms with Gasteiger partial charge >= 0.3 is 21.7 Å². The molecule has 0 aliphatic rings. The SMILES string of the molecule is CCc1cc(CC)cc(-c2c(C)c(C)c(C)[c-]2C[SiH](c2ccccc2)c2ccccc2)c1.[Cl-].[Cl-].[Cl-].[Ti+4]. The van der Waals surface area contributed by atoms with E-state index in [2.05, 4.69) is 113 Å². The Morgan fingerprint density at radius 1 is 0.639 bits per heavy atom. The van der Waals surface area contributed by atoms with Crippen molar-refractivity contribution >= 4 is 19.2 Å². The second-order valence-electron chi connectivity index (χ2n) is 9.05. The van der Waals surface area contributed by atoms with E-state index >= 15 is 0 Å². The van der Waals surface area contributed by atoms with Gasteiger partial charge in [0.15, 0.2) is 0 Å². The van der Waals surface area contributed by atoms with Gasteiger partial charge in [-0.3, -0.25) is 0 Å². The van der Waals surface area contributed by atoms with Gasteiger partial charge in [0.1, 0.15) is 0 Å². The van der Waals surface area contributed by atoms with E-state index in [9.17, 15) is 0 Å². The zero-order chi connectivity index (χ0) is 22.7. The summed E-state index contributed by atoms with van der Waals surface area (Å²) in [5.74, 6) is 0. The van der Waals surface area contributed by atoms with Crippen LogP contribution in [0.5, 0.6) is 0 Å². The number of benzene rings is 3. The molecule has 0 aliphatic heterocycles. The van der Waals surface area contributed by atoms with Crippen LogP contribution >= 0.6 is 0 Å². The molecule has 0 aliphatic carbocycles. The second kappa shape index (κ2) is 15.9. The molecule has 0 saturated heterocycles. The van der Waals surface area contributed by atoms with Crippen molar-refractivity contribution in [2.24, 2.45) is 0 Å². The van der Waals surface area contributed by atoms with E-state index < -0.39 is 8.80 Å². The van der Waals surface area contributed by atoms with Gasteiger partial charge < -0.3 is 37.2 Å². The van der Waals surface area contributed by atoms with E-state index in [1.807, 2.05) is 0 Å². The van der Waals surface area contributed by atoms with Crippen LogP contribution < -0.4 is 47.6 Å². The molecule has 4 aromatic rings. The molecule has 4 rings (SSSR count). The Kier molecular flexibility index (Phi) is 15.4. The topological polar surface area (TPSA) is 0 Å². The monoisotopic (exact) mass is 588 g/mol. The fourth-order valence-electron chi connectivity index (χ4n) is 5.07. The molecule has 0 radical (unpaired) electrons. The minimum atomic E-state index is -1.40. The van der Waals surface area contributed by atoms with Gasteiger partial charge in [0, 0.05) is 0 Å². The van der Waals surface area contributed by atoms with Crippen LogP contribution in [0.3, 0.4) is 0 Å². The Hall–Kier alpha value is -1.19. The van der Waals surface area contributed by atoms with E-state index in [0.29, 0.717) is 0 Å². The summed E-state index contributed by atoms with van der Waals surface area (Å²) < 4.78 is 0. The fraction of sp³-hybridized carbons (Fsp3) is 0.258. The molecule has 188 valence electrons. The minimum Gasteiger partial charge on any atom is -1.00 e. The summed E-state index contributed by atoms with van der Waals surface area (Å²) in [6.45, 7) is 11.5. The van der Waals surface area contributed by atoms with Gasteiger partial charge in [-0.05, 0) is 12.8 Å². The molecule has 0 bridgehead atoms. The summed E-state index contributed by atoms with van der Waals surface area (Å²) in [5, 5.41) is 3.05. The maximum atomic E-state index is 2.44. The number of halogens is 3. The molecule has 0 saturated carbocycles. The van der Waals surface area contributed by atoms with E-state index in [4.69, 9.17) is 0 Å². The quantitative estimate of drug-likeness (QED) is 0.162. The molecule has 0 aromatic heterocycles. The van der Waals surface area contributed by atoms with Gasteiger partial charge in [0.05, 0.1) is 8.80 Å². The van der Waals surface area contributed by atoms with E-state index in [1.165, 1.54) is 49.3 Å². The van der Waals surface area contributed by atoms with Crippen molar-refractivity contribution in [3.05, 3.63) is 112 Å². The van der Waals surface area contributed by atoms with Crippen LogP contribution in [0, 0.1) is 20.8 Å². The summed E-state index contributed by atoms with van der Waals surface area (Å²) in [6, 6.07) is 30.8. The Bertz CT molecular complexity index is 1140. The third-order valence-corrected chi connectivity index (χ3v) is 10.4. The Morgan fingerprint density at radius 3 is 1.50 bits per heavy atom. The van der Waals surface area contributed by atoms with Crippen LogP contribution in [0.15, 0.2) is 78.9 Å². The predicted octanol–water partition coefficient (Wildman–Crippen LogP) is -2.74. The molecule has 4 aromatic carbocycles. The molecule has 36 heavy (non-hydrogen) atoms. The first-order valence-corrected chi connectivity index (χ1v) is 14.0. The van der Waals surface area contributed by atoms with Crippen LogP contribution in [0.4, 0.5) is 0 Å². The standard InChI is InChI=1S/C31H35Si.3ClH.Ti/c1-6-25-18-26(7-2)20-27(19-25)31-24(5)22(3)23(4)30(31)21-32(28-14-10-8-11-15-28)29-16-12-9-13-17-29;;;;/h8-20,32H,6-7,21H2,1-5H3;3*1H;/q-1;;;;+4/p-3. The summed E-state index contributed by atoms with van der Waals surface area (Å²) in [4.78, 5) is 0. The molecule has 0 atom stereocenters. The first kappa shape index (κ1) is 34.8. The van der Waals surface area contributed by atoms with Gasteiger partial charge in [0.25, 0.3) is 0 Å². The van der Waals surface area contributed by atoms with Crippen LogP contribution in [-0.4, -0.2) is 8.80 Å². The van der Waals surface area contributed by atoms with Crippen molar-refractivity contribution in [3.8, 4) is 11.1 Å². The molecule has 0 spiro atoms. The number of hydrogen-bond acceptors (Lipinski definition) is 0. The first-order chi connectivity index (χ1) is 15.5. The van der Waals surface area contributed by atoms with E-state index in [-0.39, 0.29) is 58.9 Å². The Balaban J connectivity index is 0.00000306. The summed E-state index contributed by atoms with van der Waals surface area (Å²) >= 11 is 0. The average molecular weight is 590 g/mol. The number of rotatable bonds is 7. The minimum absolute atomic E-state index is 0. The Labute approximate surface area is 253 Å². The van der Waals surface area contributed by atoms with Crippen LogP contribution in [0.1, 0.15) is 47.2 Å². The van der Waals surface area contributed by atoms with Crippen molar-refractivity contribution in [1.29, 1.82) is 0 Å². The number of aryl methyl sites for hydroxylation is 2. The third-order valence-electron chi connectivity index (χ3n) is 7.22. The Morgan fingerprint density at radius 2 is 1.08 bits per heavy atom. The molecular weight excluding hydrogens is 555 g/mol. The molecule has 0 unspecified atom stereocenters. The van der Waals surface area contributed by atoms with Gasteiger partial charge in [-0.15, -0.1) is 16.7 Å². The average Bonchev–Trinajstić information content (AvgIpc) is 3.06. The van der Waals surface area contributed by atoms with Crippen LogP contribution in [0.2, 0.25) is 0 Å². The predicted molar refractivity (Wildman–Crippen MR) is 143 cm³/mol.